The molecule has 1 atom stereocenters. The van der Waals surface area contributed by atoms with Gasteiger partial charge in [0, 0.05) is 11.6 Å². The summed E-state index contributed by atoms with van der Waals surface area (Å²) in [6.45, 7) is 7.84. The van der Waals surface area contributed by atoms with Crippen molar-refractivity contribution < 1.29 is 18.8 Å². The topological polar surface area (TPSA) is 93.5 Å². The highest BCUT2D eigenvalue weighted by Crippen LogP contribution is 2.26. The highest BCUT2D eigenvalue weighted by atomic mass is 16.5. The molecule has 0 saturated carbocycles. The number of hydrogen-bond acceptors (Lipinski definition) is 5. The summed E-state index contributed by atoms with van der Waals surface area (Å²) in [5, 5.41) is 8.66. The van der Waals surface area contributed by atoms with Crippen LogP contribution in [0.5, 0.6) is 5.75 Å². The molecule has 2 amide bonds. The number of amides is 2. The average molecular weight is 331 g/mol. The summed E-state index contributed by atoms with van der Waals surface area (Å²) in [4.78, 5) is 24.0. The molecule has 0 aliphatic heterocycles. The largest absolute Gasteiger partial charge is 0.494 e. The second-order valence-electron chi connectivity index (χ2n) is 5.45. The Kier molecular flexibility index (Phi) is 5.57. The lowest BCUT2D eigenvalue weighted by atomic mass is 10.0. The van der Waals surface area contributed by atoms with Crippen molar-refractivity contribution in [2.45, 2.75) is 33.7 Å². The van der Waals surface area contributed by atoms with Crippen LogP contribution in [0.25, 0.3) is 0 Å². The van der Waals surface area contributed by atoms with Gasteiger partial charge < -0.3 is 14.6 Å². The van der Waals surface area contributed by atoms with Crippen LogP contribution >= 0.6 is 0 Å². The summed E-state index contributed by atoms with van der Waals surface area (Å²) in [5.74, 6) is -0.137. The van der Waals surface area contributed by atoms with Crippen LogP contribution in [0, 0.1) is 13.8 Å². The summed E-state index contributed by atoms with van der Waals surface area (Å²) in [6.07, 6.45) is 0. The van der Waals surface area contributed by atoms with E-state index in [1.54, 1.807) is 13.8 Å². The lowest BCUT2D eigenvalue weighted by Gasteiger charge is -2.18. The Labute approximate surface area is 140 Å². The molecule has 128 valence electrons. The Morgan fingerprint density at radius 1 is 1.25 bits per heavy atom. The molecule has 1 aromatic carbocycles. The third kappa shape index (κ3) is 4.34. The first-order valence-corrected chi connectivity index (χ1v) is 7.69. The Bertz CT molecular complexity index is 739. The maximum Gasteiger partial charge on any atom is 0.314 e. The minimum Gasteiger partial charge on any atom is -0.494 e. The van der Waals surface area contributed by atoms with Gasteiger partial charge in [-0.25, -0.2) is 0 Å². The van der Waals surface area contributed by atoms with Crippen molar-refractivity contribution in [3.8, 4) is 5.75 Å². The van der Waals surface area contributed by atoms with Gasteiger partial charge in [-0.2, -0.15) is 0 Å². The molecule has 1 heterocycles. The fourth-order valence-electron chi connectivity index (χ4n) is 2.23. The van der Waals surface area contributed by atoms with Crippen molar-refractivity contribution in [2.75, 3.05) is 11.9 Å². The number of benzene rings is 1. The molecule has 7 heteroatoms. The fraction of sp³-hybridized carbons (Fsp3) is 0.353. The van der Waals surface area contributed by atoms with E-state index in [2.05, 4.69) is 15.8 Å². The molecule has 1 unspecified atom stereocenters. The van der Waals surface area contributed by atoms with E-state index in [9.17, 15) is 9.59 Å². The van der Waals surface area contributed by atoms with Gasteiger partial charge in [-0.1, -0.05) is 22.9 Å². The molecule has 0 spiro atoms. The van der Waals surface area contributed by atoms with Crippen LogP contribution in [-0.4, -0.2) is 23.6 Å². The van der Waals surface area contributed by atoms with Crippen molar-refractivity contribution in [2.24, 2.45) is 0 Å². The maximum atomic E-state index is 12.1. The molecule has 0 fully saturated rings. The van der Waals surface area contributed by atoms with Crippen LogP contribution in [0.15, 0.2) is 28.8 Å². The van der Waals surface area contributed by atoms with Gasteiger partial charge in [0.25, 0.3) is 0 Å². The molecule has 0 saturated heterocycles. The Balaban J connectivity index is 2.05. The first kappa shape index (κ1) is 17.5. The van der Waals surface area contributed by atoms with Crippen LogP contribution in [0.3, 0.4) is 0 Å². The second kappa shape index (κ2) is 7.63. The van der Waals surface area contributed by atoms with Gasteiger partial charge in [-0.15, -0.1) is 0 Å². The number of ether oxygens (including phenoxy) is 1. The zero-order valence-electron chi connectivity index (χ0n) is 14.2. The predicted molar refractivity (Wildman–Crippen MR) is 88.8 cm³/mol. The minimum atomic E-state index is -0.805. The monoisotopic (exact) mass is 331 g/mol. The summed E-state index contributed by atoms with van der Waals surface area (Å²) in [7, 11) is 0. The molecule has 7 nitrogen and oxygen atoms in total. The number of carbonyl (C=O) groups is 2. The number of nitrogens with zero attached hydrogens (tertiary/aromatic N) is 1. The van der Waals surface area contributed by atoms with Gasteiger partial charge in [0.15, 0.2) is 5.82 Å². The molecule has 0 aliphatic rings. The number of hydrogen-bond donors (Lipinski definition) is 2. The van der Waals surface area contributed by atoms with Crippen LogP contribution in [-0.2, 0) is 9.59 Å². The molecular formula is C17H21N3O4. The summed E-state index contributed by atoms with van der Waals surface area (Å²) in [5.41, 5.74) is 1.85. The third-order valence-electron chi connectivity index (χ3n) is 3.36. The molecule has 0 radical (unpaired) electrons. The van der Waals surface area contributed by atoms with Gasteiger partial charge in [0.1, 0.15) is 11.5 Å². The minimum absolute atomic E-state index is 0.200. The zero-order chi connectivity index (χ0) is 17.7. The van der Waals surface area contributed by atoms with E-state index in [0.717, 1.165) is 11.1 Å². The van der Waals surface area contributed by atoms with E-state index in [0.29, 0.717) is 18.1 Å². The second-order valence-corrected chi connectivity index (χ2v) is 5.45. The molecule has 2 rings (SSSR count). The van der Waals surface area contributed by atoms with Gasteiger partial charge in [0.2, 0.25) is 0 Å². The average Bonchev–Trinajstić information content (AvgIpc) is 2.94. The van der Waals surface area contributed by atoms with E-state index < -0.39 is 11.8 Å². The normalized spacial score (nSPS) is 11.7. The smallest absolute Gasteiger partial charge is 0.314 e. The highest BCUT2D eigenvalue weighted by molar-refractivity contribution is 6.39. The summed E-state index contributed by atoms with van der Waals surface area (Å²) < 4.78 is 10.4. The van der Waals surface area contributed by atoms with Crippen LogP contribution < -0.4 is 15.4 Å². The zero-order valence-corrected chi connectivity index (χ0v) is 14.2. The first-order valence-electron chi connectivity index (χ1n) is 7.69. The number of aryl methyl sites for hydroxylation is 2. The van der Waals surface area contributed by atoms with E-state index in [-0.39, 0.29) is 11.9 Å². The molecule has 24 heavy (non-hydrogen) atoms. The van der Waals surface area contributed by atoms with Gasteiger partial charge in [-0.3, -0.25) is 14.9 Å². The van der Waals surface area contributed by atoms with Gasteiger partial charge in [0.05, 0.1) is 12.6 Å². The van der Waals surface area contributed by atoms with Crippen molar-refractivity contribution >= 4 is 17.6 Å². The number of nitrogens with one attached hydrogen (secondary N) is 2. The standard InChI is InChI=1S/C17H21N3O4/c1-5-23-14-7-6-10(2)8-13(14)12(4)18-16(21)17(22)19-15-9-11(3)24-20-15/h6-9,12H,5H2,1-4H3,(H,18,21)(H,19,20,22). The third-order valence-corrected chi connectivity index (χ3v) is 3.36. The maximum absolute atomic E-state index is 12.1. The quantitative estimate of drug-likeness (QED) is 0.821. The van der Waals surface area contributed by atoms with Crippen LogP contribution in [0.2, 0.25) is 0 Å². The van der Waals surface area contributed by atoms with Crippen molar-refractivity contribution in [3.63, 3.8) is 0 Å². The Morgan fingerprint density at radius 3 is 2.62 bits per heavy atom. The Morgan fingerprint density at radius 2 is 2.00 bits per heavy atom. The van der Waals surface area contributed by atoms with Crippen molar-refractivity contribution in [3.05, 3.63) is 41.2 Å². The molecule has 0 aliphatic carbocycles. The molecule has 2 N–H and O–H groups in total. The van der Waals surface area contributed by atoms with Crippen LogP contribution in [0.1, 0.15) is 36.8 Å². The number of anilines is 1. The summed E-state index contributed by atoms with van der Waals surface area (Å²) in [6, 6.07) is 6.86. The summed E-state index contributed by atoms with van der Waals surface area (Å²) >= 11 is 0. The molecule has 0 bridgehead atoms. The first-order chi connectivity index (χ1) is 11.4. The molecule has 1 aromatic heterocycles. The number of aromatic nitrogens is 1. The van der Waals surface area contributed by atoms with E-state index >= 15 is 0 Å². The fourth-order valence-corrected chi connectivity index (χ4v) is 2.23. The van der Waals surface area contributed by atoms with Crippen LogP contribution in [0.4, 0.5) is 5.82 Å². The Hall–Kier alpha value is -2.83. The lowest BCUT2D eigenvalue weighted by Crippen LogP contribution is -2.37. The molecular weight excluding hydrogens is 310 g/mol. The van der Waals surface area contributed by atoms with Gasteiger partial charge >= 0.3 is 11.8 Å². The van der Waals surface area contributed by atoms with Crippen molar-refractivity contribution in [1.82, 2.24) is 10.5 Å². The SMILES string of the molecule is CCOc1ccc(C)cc1C(C)NC(=O)C(=O)Nc1cc(C)on1. The molecule has 2 aromatic rings. The highest BCUT2D eigenvalue weighted by Gasteiger charge is 2.20. The van der Waals surface area contributed by atoms with Gasteiger partial charge in [-0.05, 0) is 33.8 Å². The van der Waals surface area contributed by atoms with E-state index in [1.165, 1.54) is 6.07 Å². The lowest BCUT2D eigenvalue weighted by molar-refractivity contribution is -0.136. The predicted octanol–water partition coefficient (Wildman–Crippen LogP) is 2.51. The van der Waals surface area contributed by atoms with E-state index in [4.69, 9.17) is 9.26 Å². The number of rotatable bonds is 5. The van der Waals surface area contributed by atoms with Crippen molar-refractivity contribution in [1.29, 1.82) is 0 Å². The number of carbonyl (C=O) groups excluding carboxylic acids is 2. The van der Waals surface area contributed by atoms with E-state index in [1.807, 2.05) is 32.0 Å².